The summed E-state index contributed by atoms with van der Waals surface area (Å²) in [6.07, 6.45) is 3.70. The molecule has 0 saturated carbocycles. The molecule has 1 atom stereocenters. The summed E-state index contributed by atoms with van der Waals surface area (Å²) in [5.41, 5.74) is 0. The van der Waals surface area contributed by atoms with Crippen LogP contribution in [0.15, 0.2) is 12.4 Å². The fourth-order valence-electron chi connectivity index (χ4n) is 0.910. The molecule has 1 heterocycles. The Hall–Kier alpha value is -1.02. The fraction of sp³-hybridized carbons (Fsp3) is 0.333. The van der Waals surface area contributed by atoms with Gasteiger partial charge < -0.3 is 15.4 Å². The molecular weight excluding hydrogens is 356 g/mol. The standard InChI is InChI=1S/C9H10Br2N4O2/c10-1-9(17)15-8-4-13-7(3-14-8)12-2-6(11)5-16/h3-6H,1-2H2,(H,12,13)(H,14,15,17). The molecule has 1 aromatic heterocycles. The van der Waals surface area contributed by atoms with Gasteiger partial charge in [-0.2, -0.15) is 0 Å². The molecule has 17 heavy (non-hydrogen) atoms. The highest BCUT2D eigenvalue weighted by atomic mass is 79.9. The number of alkyl halides is 2. The van der Waals surface area contributed by atoms with Crippen molar-refractivity contribution in [1.82, 2.24) is 9.97 Å². The molecule has 0 aliphatic carbocycles. The number of rotatable bonds is 6. The second kappa shape index (κ2) is 7.33. The number of amides is 1. The maximum Gasteiger partial charge on any atom is 0.236 e. The smallest absolute Gasteiger partial charge is 0.236 e. The predicted octanol–water partition coefficient (Wildman–Crippen LogP) is 1.18. The average Bonchev–Trinajstić information content (AvgIpc) is 2.37. The van der Waals surface area contributed by atoms with Crippen molar-refractivity contribution in [3.63, 3.8) is 0 Å². The van der Waals surface area contributed by atoms with Crippen LogP contribution in [0.1, 0.15) is 0 Å². The summed E-state index contributed by atoms with van der Waals surface area (Å²) < 4.78 is 0. The molecule has 92 valence electrons. The number of nitrogens with zero attached hydrogens (tertiary/aromatic N) is 2. The van der Waals surface area contributed by atoms with Crippen molar-refractivity contribution in [3.8, 4) is 0 Å². The van der Waals surface area contributed by atoms with Crippen LogP contribution in [0.3, 0.4) is 0 Å². The minimum atomic E-state index is -0.267. The zero-order valence-corrected chi connectivity index (χ0v) is 11.9. The maximum atomic E-state index is 11.0. The summed E-state index contributed by atoms with van der Waals surface area (Å²) in [7, 11) is 0. The average molecular weight is 366 g/mol. The Labute approximate surface area is 115 Å². The summed E-state index contributed by atoms with van der Waals surface area (Å²) in [4.78, 5) is 29.1. The first-order valence-electron chi connectivity index (χ1n) is 4.66. The first kappa shape index (κ1) is 14.0. The molecule has 0 fully saturated rings. The summed E-state index contributed by atoms with van der Waals surface area (Å²) in [6.45, 7) is 0.422. The van der Waals surface area contributed by atoms with Gasteiger partial charge in [0.15, 0.2) is 5.82 Å². The third kappa shape index (κ3) is 5.22. The third-order valence-electron chi connectivity index (χ3n) is 1.67. The molecule has 0 aliphatic heterocycles. The highest BCUT2D eigenvalue weighted by Crippen LogP contribution is 2.06. The van der Waals surface area contributed by atoms with E-state index in [1.54, 1.807) is 0 Å². The van der Waals surface area contributed by atoms with E-state index in [-0.39, 0.29) is 16.1 Å². The van der Waals surface area contributed by atoms with Crippen LogP contribution in [-0.4, -0.2) is 38.9 Å². The fourth-order valence-corrected chi connectivity index (χ4v) is 1.21. The van der Waals surface area contributed by atoms with Crippen molar-refractivity contribution in [2.45, 2.75) is 4.83 Å². The molecule has 0 saturated heterocycles. The number of carbonyl (C=O) groups is 2. The van der Waals surface area contributed by atoms with Gasteiger partial charge in [-0.1, -0.05) is 31.9 Å². The van der Waals surface area contributed by atoms with Gasteiger partial charge in [0.1, 0.15) is 12.1 Å². The van der Waals surface area contributed by atoms with E-state index in [0.717, 1.165) is 6.29 Å². The number of carbonyl (C=O) groups excluding carboxylic acids is 2. The van der Waals surface area contributed by atoms with Gasteiger partial charge in [-0.3, -0.25) is 4.79 Å². The zero-order chi connectivity index (χ0) is 12.7. The van der Waals surface area contributed by atoms with E-state index >= 15 is 0 Å². The largest absolute Gasteiger partial charge is 0.367 e. The number of aldehydes is 1. The number of anilines is 2. The lowest BCUT2D eigenvalue weighted by molar-refractivity contribution is -0.113. The van der Waals surface area contributed by atoms with Crippen LogP contribution in [0.2, 0.25) is 0 Å². The number of hydrogen-bond acceptors (Lipinski definition) is 5. The molecule has 1 unspecified atom stereocenters. The first-order valence-corrected chi connectivity index (χ1v) is 6.70. The molecule has 0 bridgehead atoms. The monoisotopic (exact) mass is 364 g/mol. The second-order valence-corrected chi connectivity index (χ2v) is 4.74. The topological polar surface area (TPSA) is 84.0 Å². The maximum absolute atomic E-state index is 11.0. The van der Waals surface area contributed by atoms with Gasteiger partial charge in [-0.25, -0.2) is 9.97 Å². The molecule has 0 aliphatic rings. The van der Waals surface area contributed by atoms with Crippen LogP contribution in [0.25, 0.3) is 0 Å². The summed E-state index contributed by atoms with van der Waals surface area (Å²) in [5, 5.41) is 5.67. The lowest BCUT2D eigenvalue weighted by Crippen LogP contribution is -2.16. The number of halogens is 2. The Morgan fingerprint density at radius 3 is 2.59 bits per heavy atom. The molecule has 1 aromatic rings. The predicted molar refractivity (Wildman–Crippen MR) is 71.7 cm³/mol. The summed E-state index contributed by atoms with van der Waals surface area (Å²) >= 11 is 6.17. The summed E-state index contributed by atoms with van der Waals surface area (Å²) in [5.74, 6) is 0.723. The van der Waals surface area contributed by atoms with Crippen LogP contribution >= 0.6 is 31.9 Å². The third-order valence-corrected chi connectivity index (χ3v) is 2.72. The Balaban J connectivity index is 2.50. The van der Waals surface area contributed by atoms with Crippen molar-refractivity contribution >= 4 is 55.7 Å². The number of aromatic nitrogens is 2. The Kier molecular flexibility index (Phi) is 6.06. The van der Waals surface area contributed by atoms with E-state index in [2.05, 4.69) is 52.5 Å². The molecule has 0 spiro atoms. The zero-order valence-electron chi connectivity index (χ0n) is 8.69. The van der Waals surface area contributed by atoms with Gasteiger partial charge in [-0.05, 0) is 0 Å². The van der Waals surface area contributed by atoms with Crippen LogP contribution < -0.4 is 10.6 Å². The van der Waals surface area contributed by atoms with Crippen molar-refractivity contribution in [2.75, 3.05) is 22.5 Å². The highest BCUT2D eigenvalue weighted by molar-refractivity contribution is 9.10. The van der Waals surface area contributed by atoms with Gasteiger partial charge in [0, 0.05) is 6.54 Å². The lowest BCUT2D eigenvalue weighted by Gasteiger charge is -2.06. The summed E-state index contributed by atoms with van der Waals surface area (Å²) in [6, 6.07) is 0. The minimum absolute atomic E-state index is 0.193. The van der Waals surface area contributed by atoms with Crippen LogP contribution in [0.4, 0.5) is 11.6 Å². The highest BCUT2D eigenvalue weighted by Gasteiger charge is 2.04. The first-order chi connectivity index (χ1) is 8.15. The van der Waals surface area contributed by atoms with E-state index in [1.807, 2.05) is 0 Å². The molecule has 2 N–H and O–H groups in total. The lowest BCUT2D eigenvalue weighted by atomic mass is 10.4. The van der Waals surface area contributed by atoms with E-state index in [4.69, 9.17) is 0 Å². The molecule has 6 nitrogen and oxygen atoms in total. The SMILES string of the molecule is O=CC(Br)CNc1cnc(NC(=O)CBr)cn1. The molecule has 8 heteroatoms. The van der Waals surface area contributed by atoms with E-state index < -0.39 is 0 Å². The van der Waals surface area contributed by atoms with Gasteiger partial charge >= 0.3 is 0 Å². The molecule has 1 amide bonds. The Morgan fingerprint density at radius 2 is 2.06 bits per heavy atom. The van der Waals surface area contributed by atoms with Crippen molar-refractivity contribution in [1.29, 1.82) is 0 Å². The normalized spacial score (nSPS) is 11.6. The number of nitrogens with one attached hydrogen (secondary N) is 2. The van der Waals surface area contributed by atoms with Crippen LogP contribution in [0.5, 0.6) is 0 Å². The van der Waals surface area contributed by atoms with E-state index in [9.17, 15) is 9.59 Å². The second-order valence-electron chi connectivity index (χ2n) is 3.00. The van der Waals surface area contributed by atoms with Gasteiger partial charge in [0.2, 0.25) is 5.91 Å². The Bertz CT molecular complexity index is 385. The van der Waals surface area contributed by atoms with Crippen LogP contribution in [-0.2, 0) is 9.59 Å². The molecular formula is C9H10Br2N4O2. The van der Waals surface area contributed by atoms with E-state index in [1.165, 1.54) is 12.4 Å². The van der Waals surface area contributed by atoms with Crippen molar-refractivity contribution in [3.05, 3.63) is 12.4 Å². The van der Waals surface area contributed by atoms with E-state index in [0.29, 0.717) is 18.2 Å². The Morgan fingerprint density at radius 1 is 1.41 bits per heavy atom. The van der Waals surface area contributed by atoms with Crippen molar-refractivity contribution < 1.29 is 9.59 Å². The molecule has 0 aromatic carbocycles. The molecule has 1 rings (SSSR count). The van der Waals surface area contributed by atoms with Gasteiger partial charge in [0.25, 0.3) is 0 Å². The van der Waals surface area contributed by atoms with Crippen molar-refractivity contribution in [2.24, 2.45) is 0 Å². The van der Waals surface area contributed by atoms with Crippen LogP contribution in [0, 0.1) is 0 Å². The number of hydrogen-bond donors (Lipinski definition) is 2. The van der Waals surface area contributed by atoms with Gasteiger partial charge in [-0.15, -0.1) is 0 Å². The van der Waals surface area contributed by atoms with Gasteiger partial charge in [0.05, 0.1) is 22.6 Å². The quantitative estimate of drug-likeness (QED) is 0.584. The molecule has 0 radical (unpaired) electrons. The minimum Gasteiger partial charge on any atom is -0.367 e.